The van der Waals surface area contributed by atoms with Crippen LogP contribution in [0.15, 0.2) is 62.5 Å². The number of aromatic hydroxyl groups is 1. The van der Waals surface area contributed by atoms with Crippen LogP contribution in [0.5, 0.6) is 11.5 Å². The molecule has 3 aromatic rings. The average Bonchev–Trinajstić information content (AvgIpc) is 2.65. The Balaban J connectivity index is 0.00000256. The number of aryl methyl sites for hydroxylation is 1. The van der Waals surface area contributed by atoms with Gasteiger partial charge in [0.1, 0.15) is 37.4 Å². The van der Waals surface area contributed by atoms with Gasteiger partial charge in [0.15, 0.2) is 5.75 Å². The molecular weight excluding hydrogens is 482 g/mol. The zero-order chi connectivity index (χ0) is 22.3. The zero-order valence-electron chi connectivity index (χ0n) is 17.6. The van der Waals surface area contributed by atoms with Crippen LogP contribution in [0.4, 0.5) is 11.4 Å². The molecule has 0 aromatic heterocycles. The van der Waals surface area contributed by atoms with E-state index in [1.54, 1.807) is 6.92 Å². The van der Waals surface area contributed by atoms with E-state index in [4.69, 9.17) is 4.74 Å². The summed E-state index contributed by atoms with van der Waals surface area (Å²) in [5.74, 6) is -0.605. The number of azo groups is 1. The molecule has 3 aromatic carbocycles. The summed E-state index contributed by atoms with van der Waals surface area (Å²) < 4.78 is 73.2. The molecule has 0 saturated heterocycles. The molecule has 0 aliphatic heterocycles. The number of fused-ring (bicyclic) bond motifs is 1. The van der Waals surface area contributed by atoms with Crippen LogP contribution in [0.3, 0.4) is 0 Å². The largest absolute Gasteiger partial charge is 1.00 e. The van der Waals surface area contributed by atoms with Crippen molar-refractivity contribution < 1.29 is 94.9 Å². The molecule has 0 saturated carbocycles. The first kappa shape index (κ1) is 29.0. The first-order valence-corrected chi connectivity index (χ1v) is 11.0. The Morgan fingerprint density at radius 3 is 2.12 bits per heavy atom. The fourth-order valence-electron chi connectivity index (χ4n) is 2.83. The van der Waals surface area contributed by atoms with E-state index >= 15 is 0 Å². The second-order valence-electron chi connectivity index (χ2n) is 6.24. The zero-order valence-corrected chi connectivity index (χ0v) is 23.2. The first-order chi connectivity index (χ1) is 13.9. The van der Waals surface area contributed by atoms with Gasteiger partial charge in [-0.05, 0) is 48.2 Å². The van der Waals surface area contributed by atoms with Gasteiger partial charge in [0, 0.05) is 5.39 Å². The molecule has 0 heterocycles. The molecule has 0 radical (unpaired) electrons. The summed E-state index contributed by atoms with van der Waals surface area (Å²) in [6, 6.07) is 8.69. The SMILES string of the molecule is COc1c(N=Nc2c(O)ccc3cc(S(=O)(=O)[O-])ccc23)cc(C)cc1S(=O)(=O)[O-].[Na+].[Na+]. The van der Waals surface area contributed by atoms with Gasteiger partial charge in [-0.2, -0.15) is 0 Å². The van der Waals surface area contributed by atoms with Crippen molar-refractivity contribution in [1.82, 2.24) is 0 Å². The molecule has 10 nitrogen and oxygen atoms in total. The van der Waals surface area contributed by atoms with E-state index in [9.17, 15) is 31.0 Å². The number of nitrogens with zero attached hydrogens (tertiary/aromatic N) is 2. The van der Waals surface area contributed by atoms with Crippen molar-refractivity contribution in [3.05, 3.63) is 48.0 Å². The van der Waals surface area contributed by atoms with Gasteiger partial charge >= 0.3 is 59.1 Å². The number of phenols is 1. The maximum Gasteiger partial charge on any atom is 1.00 e. The van der Waals surface area contributed by atoms with E-state index in [-0.39, 0.29) is 87.4 Å². The van der Waals surface area contributed by atoms with Gasteiger partial charge in [-0.1, -0.05) is 12.1 Å². The first-order valence-electron chi connectivity index (χ1n) is 8.19. The molecule has 0 spiro atoms. The molecule has 1 N–H and O–H groups in total. The number of hydrogen-bond acceptors (Lipinski definition) is 10. The van der Waals surface area contributed by atoms with Crippen LogP contribution in [-0.4, -0.2) is 38.2 Å². The maximum absolute atomic E-state index is 11.5. The predicted octanol–water partition coefficient (Wildman–Crippen LogP) is -2.91. The second-order valence-corrected chi connectivity index (χ2v) is 8.97. The minimum Gasteiger partial charge on any atom is -0.744 e. The fourth-order valence-corrected chi connectivity index (χ4v) is 4.08. The van der Waals surface area contributed by atoms with E-state index in [2.05, 4.69) is 10.2 Å². The van der Waals surface area contributed by atoms with Crippen molar-refractivity contribution in [3.8, 4) is 11.5 Å². The van der Waals surface area contributed by atoms with Crippen LogP contribution in [-0.2, 0) is 20.2 Å². The van der Waals surface area contributed by atoms with Gasteiger partial charge in [0.2, 0.25) is 0 Å². The summed E-state index contributed by atoms with van der Waals surface area (Å²) in [6.07, 6.45) is 0. The van der Waals surface area contributed by atoms with Gasteiger partial charge in [-0.15, -0.1) is 10.2 Å². The smallest absolute Gasteiger partial charge is 0.744 e. The van der Waals surface area contributed by atoms with Crippen molar-refractivity contribution in [2.75, 3.05) is 7.11 Å². The number of hydrogen-bond donors (Lipinski definition) is 1. The average molecular weight is 496 g/mol. The summed E-state index contributed by atoms with van der Waals surface area (Å²) in [7, 11) is -8.36. The molecule has 32 heavy (non-hydrogen) atoms. The number of ether oxygens (including phenoxy) is 1. The number of methoxy groups -OCH3 is 1. The molecule has 0 unspecified atom stereocenters. The molecule has 14 heteroatoms. The van der Waals surface area contributed by atoms with Crippen LogP contribution in [0.1, 0.15) is 5.56 Å². The van der Waals surface area contributed by atoms with Gasteiger partial charge in [-0.25, -0.2) is 16.8 Å². The van der Waals surface area contributed by atoms with Crippen LogP contribution >= 0.6 is 0 Å². The Labute approximate surface area is 228 Å². The quantitative estimate of drug-likeness (QED) is 0.223. The summed E-state index contributed by atoms with van der Waals surface area (Å²) in [6.45, 7) is 1.55. The minimum absolute atomic E-state index is 0. The second kappa shape index (κ2) is 10.9. The van der Waals surface area contributed by atoms with Crippen LogP contribution < -0.4 is 63.9 Å². The molecule has 158 valence electrons. The van der Waals surface area contributed by atoms with Crippen molar-refractivity contribution in [1.29, 1.82) is 0 Å². The molecule has 0 aliphatic carbocycles. The Bertz CT molecular complexity index is 1410. The molecule has 0 bridgehead atoms. The Kier molecular flexibility index (Phi) is 9.88. The number of benzene rings is 3. The fraction of sp³-hybridized carbons (Fsp3) is 0.111. The van der Waals surface area contributed by atoms with Crippen molar-refractivity contribution in [2.45, 2.75) is 16.7 Å². The molecule has 0 fully saturated rings. The molecule has 0 amide bonds. The Morgan fingerprint density at radius 2 is 1.56 bits per heavy atom. The monoisotopic (exact) mass is 496 g/mol. The van der Waals surface area contributed by atoms with Gasteiger partial charge < -0.3 is 18.9 Å². The minimum atomic E-state index is -4.85. The molecule has 0 aliphatic rings. The van der Waals surface area contributed by atoms with Crippen LogP contribution in [0.2, 0.25) is 0 Å². The summed E-state index contributed by atoms with van der Waals surface area (Å²) >= 11 is 0. The third-order valence-electron chi connectivity index (χ3n) is 4.14. The third kappa shape index (κ3) is 6.29. The predicted molar refractivity (Wildman–Crippen MR) is 103 cm³/mol. The topological polar surface area (TPSA) is 169 Å². The summed E-state index contributed by atoms with van der Waals surface area (Å²) in [5, 5.41) is 18.6. The van der Waals surface area contributed by atoms with E-state index in [0.717, 1.165) is 18.2 Å². The Hall–Kier alpha value is -1.06. The van der Waals surface area contributed by atoms with Crippen LogP contribution in [0, 0.1) is 6.92 Å². The van der Waals surface area contributed by atoms with E-state index in [0.29, 0.717) is 10.9 Å². The normalized spacial score (nSPS) is 11.8. The standard InChI is InChI=1S/C18H16N2O8S2.2Na/c1-10-7-14(18(28-2)16(8-10)30(25,26)27)19-20-17-13-5-4-12(29(22,23)24)9-11(13)3-6-15(17)21;;/h3-9,21H,1-2H3,(H,22,23,24)(H,25,26,27);;/q;2*+1/p-2. The van der Waals surface area contributed by atoms with E-state index in [1.165, 1.54) is 31.4 Å². The maximum atomic E-state index is 11.5. The summed E-state index contributed by atoms with van der Waals surface area (Å²) in [4.78, 5) is -1.05. The molecule has 0 atom stereocenters. The molecule has 3 rings (SSSR count). The van der Waals surface area contributed by atoms with Gasteiger partial charge in [0.05, 0.1) is 16.9 Å². The van der Waals surface area contributed by atoms with Crippen molar-refractivity contribution in [3.63, 3.8) is 0 Å². The van der Waals surface area contributed by atoms with Crippen molar-refractivity contribution >= 4 is 42.4 Å². The van der Waals surface area contributed by atoms with Crippen LogP contribution in [0.25, 0.3) is 10.8 Å². The number of rotatable bonds is 5. The number of phenolic OH excluding ortho intramolecular Hbond substituents is 1. The van der Waals surface area contributed by atoms with Crippen molar-refractivity contribution in [2.24, 2.45) is 10.2 Å². The van der Waals surface area contributed by atoms with E-state index < -0.39 is 30.0 Å². The van der Waals surface area contributed by atoms with E-state index in [1.807, 2.05) is 0 Å². The van der Waals surface area contributed by atoms with Gasteiger partial charge in [0.25, 0.3) is 0 Å². The summed E-state index contributed by atoms with van der Waals surface area (Å²) in [5.41, 5.74) is 0.283. The van der Waals surface area contributed by atoms with Gasteiger partial charge in [-0.3, -0.25) is 0 Å². The molecular formula is C18H14N2Na2O8S2. The third-order valence-corrected chi connectivity index (χ3v) is 5.81. The Morgan fingerprint density at radius 1 is 0.906 bits per heavy atom.